The van der Waals surface area contributed by atoms with E-state index in [1.54, 1.807) is 0 Å². The Morgan fingerprint density at radius 1 is 0.453 bits per heavy atom. The lowest BCUT2D eigenvalue weighted by molar-refractivity contribution is -0.123. The summed E-state index contributed by atoms with van der Waals surface area (Å²) in [5.74, 6) is 0.422. The number of rotatable bonds is 42. The Hall–Kier alpha value is -1.10. The maximum absolute atomic E-state index is 13.0. The molecule has 53 heavy (non-hydrogen) atoms. The molecule has 0 aromatic rings. The fraction of sp³-hybridized carbons (Fsp3) is 0.958. The number of unbranched alkanes of at least 4 members (excludes halogenated alkanes) is 28. The molecule has 2 N–H and O–H groups in total. The van der Waals surface area contributed by atoms with Gasteiger partial charge in [-0.15, -0.1) is 0 Å². The Balaban J connectivity index is 4.01. The van der Waals surface area contributed by atoms with Crippen molar-refractivity contribution in [3.05, 3.63) is 0 Å². The van der Waals surface area contributed by atoms with Crippen LogP contribution in [0.3, 0.4) is 0 Å². The van der Waals surface area contributed by atoms with E-state index in [9.17, 15) is 9.59 Å². The molecule has 0 aliphatic heterocycles. The molecule has 0 aliphatic rings. The van der Waals surface area contributed by atoms with E-state index in [0.29, 0.717) is 12.8 Å². The molecule has 316 valence electrons. The summed E-state index contributed by atoms with van der Waals surface area (Å²) in [6.45, 7) is 16.2. The van der Waals surface area contributed by atoms with Crippen molar-refractivity contribution in [2.45, 2.75) is 278 Å². The number of likely N-dealkylation sites (N-methyl/N-ethyl adjacent to an activating group) is 1. The van der Waals surface area contributed by atoms with Crippen molar-refractivity contribution in [1.29, 1.82) is 0 Å². The van der Waals surface area contributed by atoms with Crippen molar-refractivity contribution < 1.29 is 9.59 Å². The van der Waals surface area contributed by atoms with Crippen LogP contribution in [0.5, 0.6) is 0 Å². The molecule has 5 heteroatoms. The van der Waals surface area contributed by atoms with Crippen molar-refractivity contribution in [2.24, 2.45) is 0 Å². The van der Waals surface area contributed by atoms with Gasteiger partial charge in [0.2, 0.25) is 11.8 Å². The van der Waals surface area contributed by atoms with Gasteiger partial charge in [0, 0.05) is 37.5 Å². The number of carbonyl (C=O) groups excluding carboxylic acids is 2. The second-order valence-electron chi connectivity index (χ2n) is 17.2. The molecule has 0 radical (unpaired) electrons. The molecule has 0 aliphatic carbocycles. The fourth-order valence-corrected chi connectivity index (χ4v) is 8.13. The molecule has 0 rings (SSSR count). The Bertz CT molecular complexity index is 785. The van der Waals surface area contributed by atoms with Crippen molar-refractivity contribution in [2.75, 3.05) is 19.6 Å². The van der Waals surface area contributed by atoms with Gasteiger partial charge in [0.25, 0.3) is 0 Å². The van der Waals surface area contributed by atoms with E-state index in [0.717, 1.165) is 51.7 Å². The van der Waals surface area contributed by atoms with Crippen LogP contribution < -0.4 is 10.6 Å². The predicted octanol–water partition coefficient (Wildman–Crippen LogP) is 14.4. The van der Waals surface area contributed by atoms with Gasteiger partial charge in [0.15, 0.2) is 0 Å². The van der Waals surface area contributed by atoms with E-state index < -0.39 is 0 Å². The minimum absolute atomic E-state index is 0.132. The monoisotopic (exact) mass is 748 g/mol. The zero-order valence-electron chi connectivity index (χ0n) is 37.2. The van der Waals surface area contributed by atoms with Crippen molar-refractivity contribution in [1.82, 2.24) is 15.5 Å². The summed E-state index contributed by atoms with van der Waals surface area (Å²) in [7, 11) is 0. The quantitative estimate of drug-likeness (QED) is 0.0611. The summed E-state index contributed by atoms with van der Waals surface area (Å²) in [5.41, 5.74) is -0.132. The number of hydrogen-bond donors (Lipinski definition) is 2. The van der Waals surface area contributed by atoms with Crippen LogP contribution in [-0.2, 0) is 9.59 Å². The Morgan fingerprint density at radius 2 is 0.792 bits per heavy atom. The van der Waals surface area contributed by atoms with Gasteiger partial charge in [-0.1, -0.05) is 214 Å². The molecule has 0 saturated heterocycles. The Kier molecular flexibility index (Phi) is 38.3. The first-order valence-electron chi connectivity index (χ1n) is 24.1. The molecule has 2 amide bonds. The Labute approximate surface area is 333 Å². The van der Waals surface area contributed by atoms with Crippen LogP contribution in [0.2, 0.25) is 0 Å². The zero-order chi connectivity index (χ0) is 39.1. The van der Waals surface area contributed by atoms with Gasteiger partial charge in [0.1, 0.15) is 0 Å². The third kappa shape index (κ3) is 32.8. The highest BCUT2D eigenvalue weighted by Crippen LogP contribution is 2.23. The lowest BCUT2D eigenvalue weighted by Crippen LogP contribution is -2.59. The highest BCUT2D eigenvalue weighted by molar-refractivity contribution is 5.76. The third-order valence-corrected chi connectivity index (χ3v) is 11.9. The van der Waals surface area contributed by atoms with Crippen molar-refractivity contribution in [3.63, 3.8) is 0 Å². The first-order valence-corrected chi connectivity index (χ1v) is 24.1. The first kappa shape index (κ1) is 51.9. The van der Waals surface area contributed by atoms with Crippen molar-refractivity contribution >= 4 is 11.8 Å². The van der Waals surface area contributed by atoms with Gasteiger partial charge < -0.3 is 10.6 Å². The standard InChI is InChI=1S/C48H97N3O2/c1-7-11-13-15-17-19-21-23-25-27-29-31-33-35-37-41-46(52)49-43-39-44-51(10-4)48(5,6)45(40-9-3)50-47(53)42-38-36-34-32-30-28-26-24-22-20-18-16-14-12-8-2/h45H,7-44H2,1-6H3,(H,49,52)(H,50,53). The zero-order valence-corrected chi connectivity index (χ0v) is 37.2. The summed E-state index contributed by atoms with van der Waals surface area (Å²) in [4.78, 5) is 28.0. The first-order chi connectivity index (χ1) is 25.8. The van der Waals surface area contributed by atoms with Crippen LogP contribution in [0, 0.1) is 0 Å². The second-order valence-corrected chi connectivity index (χ2v) is 17.2. The lowest BCUT2D eigenvalue weighted by Gasteiger charge is -2.44. The fourth-order valence-electron chi connectivity index (χ4n) is 8.13. The highest BCUT2D eigenvalue weighted by Gasteiger charge is 2.34. The van der Waals surface area contributed by atoms with Crippen LogP contribution in [0.1, 0.15) is 266 Å². The highest BCUT2D eigenvalue weighted by atomic mass is 16.2. The molecular weight excluding hydrogens is 651 g/mol. The molecule has 0 aromatic carbocycles. The summed E-state index contributed by atoms with van der Waals surface area (Å²) in [6, 6.07) is 0.135. The molecular formula is C48H97N3O2. The maximum atomic E-state index is 13.0. The molecule has 0 saturated carbocycles. The molecule has 0 heterocycles. The average molecular weight is 748 g/mol. The molecule has 0 bridgehead atoms. The van der Waals surface area contributed by atoms with Gasteiger partial charge >= 0.3 is 0 Å². The van der Waals surface area contributed by atoms with Gasteiger partial charge in [-0.05, 0) is 46.1 Å². The minimum Gasteiger partial charge on any atom is -0.356 e. The largest absolute Gasteiger partial charge is 0.356 e. The number of nitrogens with zero attached hydrogens (tertiary/aromatic N) is 1. The number of carbonyl (C=O) groups is 2. The lowest BCUT2D eigenvalue weighted by atomic mass is 9.88. The normalized spacial score (nSPS) is 12.4. The van der Waals surface area contributed by atoms with Crippen LogP contribution >= 0.6 is 0 Å². The maximum Gasteiger partial charge on any atom is 0.220 e. The summed E-state index contributed by atoms with van der Waals surface area (Å²) in [5, 5.41) is 6.62. The number of hydrogen-bond acceptors (Lipinski definition) is 3. The molecule has 0 aromatic heterocycles. The molecule has 1 atom stereocenters. The van der Waals surface area contributed by atoms with E-state index in [1.807, 2.05) is 0 Å². The summed E-state index contributed by atoms with van der Waals surface area (Å²) < 4.78 is 0. The predicted molar refractivity (Wildman–Crippen MR) is 235 cm³/mol. The van der Waals surface area contributed by atoms with Gasteiger partial charge in [-0.2, -0.15) is 0 Å². The molecule has 0 spiro atoms. The SMILES string of the molecule is CCCCCCCCCCCCCCCCCC(=O)NCCCN(CC)C(C)(C)C(CCC)NC(=O)CCCCCCCCCCCCCCCCC. The minimum atomic E-state index is -0.132. The van der Waals surface area contributed by atoms with Crippen LogP contribution in [0.4, 0.5) is 0 Å². The van der Waals surface area contributed by atoms with E-state index >= 15 is 0 Å². The van der Waals surface area contributed by atoms with Gasteiger partial charge in [-0.25, -0.2) is 0 Å². The van der Waals surface area contributed by atoms with E-state index in [-0.39, 0.29) is 23.4 Å². The third-order valence-electron chi connectivity index (χ3n) is 11.9. The molecule has 0 fully saturated rings. The average Bonchev–Trinajstić information content (AvgIpc) is 3.14. The summed E-state index contributed by atoms with van der Waals surface area (Å²) >= 11 is 0. The van der Waals surface area contributed by atoms with Crippen LogP contribution in [0.25, 0.3) is 0 Å². The summed E-state index contributed by atoms with van der Waals surface area (Å²) in [6.07, 6.45) is 44.7. The van der Waals surface area contributed by atoms with Crippen LogP contribution in [0.15, 0.2) is 0 Å². The van der Waals surface area contributed by atoms with Gasteiger partial charge in [0.05, 0.1) is 0 Å². The van der Waals surface area contributed by atoms with E-state index in [4.69, 9.17) is 0 Å². The molecule has 1 unspecified atom stereocenters. The number of amides is 2. The van der Waals surface area contributed by atoms with Crippen molar-refractivity contribution in [3.8, 4) is 0 Å². The van der Waals surface area contributed by atoms with E-state index in [2.05, 4.69) is 57.1 Å². The van der Waals surface area contributed by atoms with Gasteiger partial charge in [-0.3, -0.25) is 14.5 Å². The smallest absolute Gasteiger partial charge is 0.220 e. The second kappa shape index (κ2) is 39.1. The topological polar surface area (TPSA) is 61.4 Å². The molecule has 5 nitrogen and oxygen atoms in total. The van der Waals surface area contributed by atoms with E-state index in [1.165, 1.54) is 180 Å². The Morgan fingerprint density at radius 3 is 1.13 bits per heavy atom. The number of nitrogens with one attached hydrogen (secondary N) is 2. The van der Waals surface area contributed by atoms with Crippen LogP contribution in [-0.4, -0.2) is 47.9 Å².